The number of hydrogen-bond acceptors (Lipinski definition) is 4. The van der Waals surface area contributed by atoms with E-state index in [0.29, 0.717) is 21.4 Å². The highest BCUT2D eigenvalue weighted by Crippen LogP contribution is 2.33. The summed E-state index contributed by atoms with van der Waals surface area (Å²) in [5, 5.41) is 3.73. The molecule has 5 N–H and O–H groups in total. The van der Waals surface area contributed by atoms with Crippen molar-refractivity contribution in [3.05, 3.63) is 46.1 Å². The van der Waals surface area contributed by atoms with E-state index in [1.54, 1.807) is 18.2 Å². The number of aromatic nitrogens is 1. The van der Waals surface area contributed by atoms with Gasteiger partial charge in [-0.05, 0) is 24.3 Å². The number of nitrogen functional groups attached to an aromatic ring is 1. The van der Waals surface area contributed by atoms with Crippen LogP contribution in [0.15, 0.2) is 30.3 Å². The van der Waals surface area contributed by atoms with E-state index in [2.05, 4.69) is 10.3 Å². The second-order valence-corrected chi connectivity index (χ2v) is 4.53. The van der Waals surface area contributed by atoms with Gasteiger partial charge in [0.2, 0.25) is 0 Å². The minimum absolute atomic E-state index is 0.0971. The van der Waals surface area contributed by atoms with Crippen molar-refractivity contribution in [2.24, 2.45) is 5.73 Å². The fourth-order valence-electron chi connectivity index (χ4n) is 1.44. The smallest absolute Gasteiger partial charge is 0.267 e. The van der Waals surface area contributed by atoms with Crippen LogP contribution in [0.1, 0.15) is 10.5 Å². The average Bonchev–Trinajstić information content (AvgIpc) is 2.35. The molecule has 19 heavy (non-hydrogen) atoms. The van der Waals surface area contributed by atoms with Crippen molar-refractivity contribution in [1.29, 1.82) is 0 Å². The van der Waals surface area contributed by atoms with Crippen LogP contribution in [0.5, 0.6) is 0 Å². The van der Waals surface area contributed by atoms with Gasteiger partial charge < -0.3 is 16.8 Å². The molecule has 0 unspecified atom stereocenters. The fourth-order valence-corrected chi connectivity index (χ4v) is 1.93. The molecular weight excluding hydrogens is 287 g/mol. The number of benzene rings is 1. The highest BCUT2D eigenvalue weighted by Gasteiger charge is 2.11. The molecular formula is C12H10Cl2N4O. The SMILES string of the molecule is NC(=O)c1ccc(N)c(Nc2c(Cl)cccc2Cl)n1. The Hall–Kier alpha value is -1.98. The number of pyridine rings is 1. The third kappa shape index (κ3) is 2.89. The number of nitrogens with one attached hydrogen (secondary N) is 1. The summed E-state index contributed by atoms with van der Waals surface area (Å²) in [6.45, 7) is 0. The Kier molecular flexibility index (Phi) is 3.78. The van der Waals surface area contributed by atoms with Crippen molar-refractivity contribution in [3.8, 4) is 0 Å². The Labute approximate surface area is 119 Å². The van der Waals surface area contributed by atoms with E-state index in [1.165, 1.54) is 12.1 Å². The van der Waals surface area contributed by atoms with Crippen LogP contribution >= 0.6 is 23.2 Å². The molecule has 0 bridgehead atoms. The van der Waals surface area contributed by atoms with Gasteiger partial charge in [0.25, 0.3) is 5.91 Å². The summed E-state index contributed by atoms with van der Waals surface area (Å²) in [6, 6.07) is 8.03. The molecule has 2 rings (SSSR count). The number of carbonyl (C=O) groups excluding carboxylic acids is 1. The van der Waals surface area contributed by atoms with Gasteiger partial charge in [0.1, 0.15) is 5.69 Å². The van der Waals surface area contributed by atoms with Gasteiger partial charge in [0.05, 0.1) is 21.4 Å². The van der Waals surface area contributed by atoms with Gasteiger partial charge in [-0.1, -0.05) is 29.3 Å². The van der Waals surface area contributed by atoms with Gasteiger partial charge in [0, 0.05) is 0 Å². The van der Waals surface area contributed by atoms with Crippen LogP contribution in [-0.2, 0) is 0 Å². The Morgan fingerprint density at radius 1 is 1.16 bits per heavy atom. The van der Waals surface area contributed by atoms with Gasteiger partial charge in [0.15, 0.2) is 5.82 Å². The van der Waals surface area contributed by atoms with E-state index in [4.69, 9.17) is 34.7 Å². The normalized spacial score (nSPS) is 10.2. The monoisotopic (exact) mass is 296 g/mol. The highest BCUT2D eigenvalue weighted by molar-refractivity contribution is 6.39. The zero-order chi connectivity index (χ0) is 14.0. The molecule has 0 saturated heterocycles. The van der Waals surface area contributed by atoms with Crippen molar-refractivity contribution >= 4 is 46.3 Å². The number of halogens is 2. The van der Waals surface area contributed by atoms with Gasteiger partial charge in [-0.3, -0.25) is 4.79 Å². The molecule has 0 radical (unpaired) electrons. The van der Waals surface area contributed by atoms with E-state index in [-0.39, 0.29) is 11.5 Å². The minimum Gasteiger partial charge on any atom is -0.396 e. The summed E-state index contributed by atoms with van der Waals surface area (Å²) in [4.78, 5) is 15.1. The molecule has 7 heteroatoms. The molecule has 0 aliphatic heterocycles. The zero-order valence-corrected chi connectivity index (χ0v) is 11.2. The lowest BCUT2D eigenvalue weighted by Crippen LogP contribution is -2.14. The lowest BCUT2D eigenvalue weighted by atomic mass is 10.2. The van der Waals surface area contributed by atoms with Crippen LogP contribution in [-0.4, -0.2) is 10.9 Å². The van der Waals surface area contributed by atoms with Crippen molar-refractivity contribution in [3.63, 3.8) is 0 Å². The van der Waals surface area contributed by atoms with Crippen LogP contribution in [0.25, 0.3) is 0 Å². The number of amides is 1. The van der Waals surface area contributed by atoms with Gasteiger partial charge in [-0.25, -0.2) is 4.98 Å². The van der Waals surface area contributed by atoms with E-state index >= 15 is 0 Å². The predicted octanol–water partition coefficient (Wildman–Crippen LogP) is 2.81. The molecule has 0 aliphatic rings. The molecule has 0 spiro atoms. The Morgan fingerprint density at radius 3 is 2.37 bits per heavy atom. The zero-order valence-electron chi connectivity index (χ0n) is 9.65. The average molecular weight is 297 g/mol. The first-order chi connectivity index (χ1) is 8.99. The molecule has 5 nitrogen and oxygen atoms in total. The lowest BCUT2D eigenvalue weighted by Gasteiger charge is -2.12. The number of rotatable bonds is 3. The lowest BCUT2D eigenvalue weighted by molar-refractivity contribution is 0.0996. The number of hydrogen-bond donors (Lipinski definition) is 3. The number of para-hydroxylation sites is 1. The number of carbonyl (C=O) groups is 1. The van der Waals surface area contributed by atoms with Crippen LogP contribution in [0.4, 0.5) is 17.2 Å². The Morgan fingerprint density at radius 2 is 1.79 bits per heavy atom. The second kappa shape index (κ2) is 5.34. The number of nitrogens with two attached hydrogens (primary N) is 2. The largest absolute Gasteiger partial charge is 0.396 e. The number of anilines is 3. The topological polar surface area (TPSA) is 94.0 Å². The molecule has 0 aliphatic carbocycles. The van der Waals surface area contributed by atoms with Crippen molar-refractivity contribution in [2.45, 2.75) is 0 Å². The van der Waals surface area contributed by atoms with Gasteiger partial charge in [-0.2, -0.15) is 0 Å². The van der Waals surface area contributed by atoms with E-state index in [9.17, 15) is 4.79 Å². The summed E-state index contributed by atoms with van der Waals surface area (Å²) < 4.78 is 0. The standard InChI is InChI=1S/C12H10Cl2N4O/c13-6-2-1-3-7(14)10(6)18-12-8(15)4-5-9(17-12)11(16)19/h1-5H,15H2,(H2,16,19)(H,17,18). The molecule has 1 aromatic heterocycles. The summed E-state index contributed by atoms with van der Waals surface area (Å²) in [5.74, 6) is -0.375. The molecule has 98 valence electrons. The summed E-state index contributed by atoms with van der Waals surface area (Å²) in [5.41, 5.74) is 11.8. The quantitative estimate of drug-likeness (QED) is 0.812. The van der Waals surface area contributed by atoms with Gasteiger partial charge >= 0.3 is 0 Å². The maximum Gasteiger partial charge on any atom is 0.267 e. The maximum atomic E-state index is 11.1. The maximum absolute atomic E-state index is 11.1. The summed E-state index contributed by atoms with van der Waals surface area (Å²) in [7, 11) is 0. The van der Waals surface area contributed by atoms with E-state index < -0.39 is 5.91 Å². The summed E-state index contributed by atoms with van der Waals surface area (Å²) >= 11 is 12.1. The predicted molar refractivity (Wildman–Crippen MR) is 76.9 cm³/mol. The third-order valence-electron chi connectivity index (χ3n) is 2.39. The first-order valence-electron chi connectivity index (χ1n) is 5.26. The number of primary amides is 1. The molecule has 0 fully saturated rings. The Bertz CT molecular complexity index is 625. The molecule has 0 saturated carbocycles. The van der Waals surface area contributed by atoms with E-state index in [1.807, 2.05) is 0 Å². The van der Waals surface area contributed by atoms with Crippen LogP contribution in [0.3, 0.4) is 0 Å². The van der Waals surface area contributed by atoms with Crippen molar-refractivity contribution in [2.75, 3.05) is 11.1 Å². The number of nitrogens with zero attached hydrogens (tertiary/aromatic N) is 1. The molecule has 1 aromatic carbocycles. The first-order valence-corrected chi connectivity index (χ1v) is 6.02. The molecule has 2 aromatic rings. The third-order valence-corrected chi connectivity index (χ3v) is 3.02. The fraction of sp³-hybridized carbons (Fsp3) is 0. The van der Waals surface area contributed by atoms with E-state index in [0.717, 1.165) is 0 Å². The highest BCUT2D eigenvalue weighted by atomic mass is 35.5. The minimum atomic E-state index is -0.645. The van der Waals surface area contributed by atoms with Crippen LogP contribution in [0, 0.1) is 0 Å². The second-order valence-electron chi connectivity index (χ2n) is 3.72. The molecule has 1 heterocycles. The summed E-state index contributed by atoms with van der Waals surface area (Å²) in [6.07, 6.45) is 0. The molecule has 0 atom stereocenters. The van der Waals surface area contributed by atoms with Crippen molar-refractivity contribution in [1.82, 2.24) is 4.98 Å². The Balaban J connectivity index is 2.43. The van der Waals surface area contributed by atoms with Gasteiger partial charge in [-0.15, -0.1) is 0 Å². The molecule has 1 amide bonds. The van der Waals surface area contributed by atoms with Crippen LogP contribution < -0.4 is 16.8 Å². The van der Waals surface area contributed by atoms with Crippen LogP contribution in [0.2, 0.25) is 10.0 Å². The first kappa shape index (κ1) is 13.5. The van der Waals surface area contributed by atoms with Crippen molar-refractivity contribution < 1.29 is 4.79 Å².